The first-order valence-corrected chi connectivity index (χ1v) is 21.8. The molecule has 50 heavy (non-hydrogen) atoms. The van der Waals surface area contributed by atoms with Gasteiger partial charge in [-0.3, -0.25) is 36.6 Å². The van der Waals surface area contributed by atoms with Gasteiger partial charge in [0.2, 0.25) is 0 Å². The van der Waals surface area contributed by atoms with E-state index in [0.717, 1.165) is 0 Å². The molecule has 0 atom stereocenters. The summed E-state index contributed by atoms with van der Waals surface area (Å²) in [6.45, 7) is 0. The van der Waals surface area contributed by atoms with E-state index in [4.69, 9.17) is 78.3 Å². The third-order valence-corrected chi connectivity index (χ3v) is 8.52. The van der Waals surface area contributed by atoms with Crippen molar-refractivity contribution in [3.8, 4) is 0 Å². The van der Waals surface area contributed by atoms with Gasteiger partial charge in [0.15, 0.2) is 0 Å². The Morgan fingerprint density at radius 2 is 0.360 bits per heavy atom. The molecule has 0 aliphatic heterocycles. The average molecular weight is 1240 g/mol. The number of hydrogen-bond acceptors (Lipinski definition) is 15. The van der Waals surface area contributed by atoms with Crippen molar-refractivity contribution in [1.29, 1.82) is 0 Å². The first-order valence-electron chi connectivity index (χ1n) is 9.54. The van der Waals surface area contributed by atoms with Crippen LogP contribution in [0.5, 0.6) is 0 Å². The summed E-state index contributed by atoms with van der Waals surface area (Å²) >= 11 is 0. The molecule has 6 radical (unpaired) electrons. The van der Waals surface area contributed by atoms with Crippen LogP contribution in [0.15, 0.2) is 0 Å². The van der Waals surface area contributed by atoms with Crippen LogP contribution >= 0.6 is 62.6 Å². The van der Waals surface area contributed by atoms with Crippen molar-refractivity contribution in [3.63, 3.8) is 0 Å². The second-order valence-electron chi connectivity index (χ2n) is 7.43. The summed E-state index contributed by atoms with van der Waals surface area (Å²) in [4.78, 5) is 141. The standard InChI is InChI=1S/C6H18O24P6.2FH.H4O7P2.3Sn.6H/c7-31(8,9)25-1-2(26-32(10,11)12)4(28-34(16,17)18)6(30-36(22,23)24)5(29-35(19,20)21)3(1)27-33(13,14)15;;;1-8(2,3)7-9(4,5)6;;;;;;;;;/h1-6H,(H2,7,8,9)(H2,10,11,12)(H2,13,14,15)(H2,16,17,18)(H2,19,20,21)(H2,22,23,24);2*1H;(H2,1,2,3)(H2,4,5,6);;;;;;;;;. The van der Waals surface area contributed by atoms with Crippen LogP contribution in [0.3, 0.4) is 0 Å². The fourth-order valence-electron chi connectivity index (χ4n) is 2.93. The number of phosphoric ester groups is 6. The average Bonchev–Trinajstić information content (AvgIpc) is 2.62. The molecule has 31 nitrogen and oxygen atoms in total. The van der Waals surface area contributed by atoms with E-state index >= 15 is 0 Å². The Kier molecular flexibility index (Phi) is 30.6. The first-order chi connectivity index (χ1) is 19.3. The molecule has 0 aromatic heterocycles. The summed E-state index contributed by atoms with van der Waals surface area (Å²) in [5.41, 5.74) is 0. The summed E-state index contributed by atoms with van der Waals surface area (Å²) in [5, 5.41) is 0. The van der Waals surface area contributed by atoms with Gasteiger partial charge in [0.05, 0.1) is 0 Å². The van der Waals surface area contributed by atoms with Gasteiger partial charge in [-0.1, -0.05) is 0 Å². The van der Waals surface area contributed by atoms with Gasteiger partial charge in [-0.2, -0.15) is 4.31 Å². The molecule has 0 amide bonds. The van der Waals surface area contributed by atoms with E-state index in [1.165, 1.54) is 0 Å². The van der Waals surface area contributed by atoms with Gasteiger partial charge < -0.3 is 78.3 Å². The Bertz CT molecular complexity index is 1150. The molecule has 0 bridgehead atoms. The van der Waals surface area contributed by atoms with Crippen LogP contribution in [0.1, 0.15) is 0 Å². The first kappa shape index (κ1) is 65.0. The molecule has 0 heterocycles. The summed E-state index contributed by atoms with van der Waals surface area (Å²) in [6.07, 6.45) is -18.9. The summed E-state index contributed by atoms with van der Waals surface area (Å²) in [7, 11) is -46.2. The van der Waals surface area contributed by atoms with Crippen LogP contribution in [-0.4, -0.2) is 187 Å². The van der Waals surface area contributed by atoms with Gasteiger partial charge in [0.25, 0.3) is 0 Å². The van der Waals surface area contributed by atoms with Crippen LogP contribution in [-0.2, 0) is 68.0 Å². The van der Waals surface area contributed by atoms with Crippen molar-refractivity contribution in [2.75, 3.05) is 0 Å². The topological polar surface area (TPSA) is 525 Å². The molecule has 0 unspecified atom stereocenters. The SMILES string of the molecule is F.F.O=P(O)(O)OC1C(OP(=O)(O)O)C(OP(=O)(O)O)C(OP(=O)(O)O)C(OP(=O)(O)O)C1OP(=O)(O)O.O=P(O)(O)OP(=O)(O)O.[SnH2].[SnH2].[SnH2]. The second kappa shape index (κ2) is 23.5. The van der Waals surface area contributed by atoms with Crippen LogP contribution in [0.4, 0.5) is 9.41 Å². The molecule has 0 saturated heterocycles. The van der Waals surface area contributed by atoms with Gasteiger partial charge in [0.1, 0.15) is 36.6 Å². The third kappa shape index (κ3) is 32.3. The van der Waals surface area contributed by atoms with E-state index in [-0.39, 0.29) is 81.1 Å². The monoisotopic (exact) mass is 1240 g/mol. The molecule has 44 heteroatoms. The van der Waals surface area contributed by atoms with Crippen LogP contribution in [0.2, 0.25) is 0 Å². The fourth-order valence-corrected chi connectivity index (χ4v) is 7.38. The number of phosphoric acid groups is 8. The van der Waals surface area contributed by atoms with Crippen LogP contribution in [0, 0.1) is 0 Å². The Morgan fingerprint density at radius 3 is 0.400 bits per heavy atom. The van der Waals surface area contributed by atoms with Gasteiger partial charge >= 0.3 is 134 Å². The Hall–Kier alpha value is 3.18. The Labute approximate surface area is 324 Å². The van der Waals surface area contributed by atoms with Crippen LogP contribution < -0.4 is 0 Å². The van der Waals surface area contributed by atoms with Gasteiger partial charge in [-0.05, 0) is 0 Å². The summed E-state index contributed by atoms with van der Waals surface area (Å²) in [5.74, 6) is 0. The Morgan fingerprint density at radius 1 is 0.260 bits per heavy atom. The third-order valence-electron chi connectivity index (χ3n) is 3.71. The van der Waals surface area contributed by atoms with Gasteiger partial charge in [0, 0.05) is 0 Å². The number of halogens is 2. The second-order valence-corrected chi connectivity index (χ2v) is 17.2. The number of rotatable bonds is 14. The van der Waals surface area contributed by atoms with Crippen molar-refractivity contribution >= 4 is 134 Å². The van der Waals surface area contributed by atoms with E-state index in [1.807, 2.05) is 0 Å². The van der Waals surface area contributed by atoms with Crippen molar-refractivity contribution in [2.45, 2.75) is 36.6 Å². The molecular formula is C6H30F2O31P8Sn3. The van der Waals surface area contributed by atoms with Crippen molar-refractivity contribution in [3.05, 3.63) is 0 Å². The quantitative estimate of drug-likeness (QED) is 0.0568. The maximum absolute atomic E-state index is 11.4. The van der Waals surface area contributed by atoms with Crippen molar-refractivity contribution in [2.24, 2.45) is 0 Å². The summed E-state index contributed by atoms with van der Waals surface area (Å²) in [6, 6.07) is 0. The maximum atomic E-state index is 11.4. The molecule has 1 saturated carbocycles. The molecule has 0 aromatic rings. The molecule has 0 spiro atoms. The zero-order valence-electron chi connectivity index (χ0n) is 23.3. The van der Waals surface area contributed by atoms with E-state index in [1.54, 1.807) is 0 Å². The Balaban J connectivity index is -0.000000304. The minimum absolute atomic E-state index is 0. The number of hydrogen-bond donors (Lipinski definition) is 16. The molecule has 1 aliphatic rings. The summed E-state index contributed by atoms with van der Waals surface area (Å²) < 4.78 is 115. The predicted octanol–water partition coefficient (Wildman–Crippen LogP) is -6.39. The fraction of sp³-hybridized carbons (Fsp3) is 1.00. The molecule has 306 valence electrons. The molecule has 0 aromatic carbocycles. The predicted molar refractivity (Wildman–Crippen MR) is 157 cm³/mol. The zero-order valence-corrected chi connectivity index (χ0v) is 42.5. The normalized spacial score (nSPS) is 23.6. The minimum atomic E-state index is -6.02. The van der Waals surface area contributed by atoms with E-state index in [9.17, 15) is 36.5 Å². The molecule has 16 N–H and O–H groups in total. The van der Waals surface area contributed by atoms with E-state index < -0.39 is 99.2 Å². The van der Waals surface area contributed by atoms with E-state index in [2.05, 4.69) is 31.5 Å². The molecule has 1 rings (SSSR count). The van der Waals surface area contributed by atoms with Gasteiger partial charge in [-0.25, -0.2) is 36.5 Å². The molecule has 1 aliphatic carbocycles. The van der Waals surface area contributed by atoms with E-state index in [0.29, 0.717) is 0 Å². The zero-order chi connectivity index (χ0) is 36.4. The molecule has 1 fully saturated rings. The van der Waals surface area contributed by atoms with Gasteiger partial charge in [-0.15, -0.1) is 0 Å². The van der Waals surface area contributed by atoms with Crippen molar-refractivity contribution < 1.29 is 156 Å². The van der Waals surface area contributed by atoms with Crippen molar-refractivity contribution in [1.82, 2.24) is 0 Å². The molecular weight excluding hydrogens is 1210 g/mol. The van der Waals surface area contributed by atoms with Crippen LogP contribution in [0.25, 0.3) is 0 Å².